The predicted octanol–water partition coefficient (Wildman–Crippen LogP) is 4.11. The van der Waals surface area contributed by atoms with E-state index in [1.54, 1.807) is 4.90 Å². The zero-order valence-electron chi connectivity index (χ0n) is 14.0. The summed E-state index contributed by atoms with van der Waals surface area (Å²) < 4.78 is 0. The minimum atomic E-state index is -0.385. The Morgan fingerprint density at radius 3 is 2.58 bits per heavy atom. The highest BCUT2D eigenvalue weighted by atomic mass is 32.1. The summed E-state index contributed by atoms with van der Waals surface area (Å²) in [6.45, 7) is 4.92. The molecule has 4 nitrogen and oxygen atoms in total. The number of rotatable bonds is 4. The van der Waals surface area contributed by atoms with Crippen molar-refractivity contribution in [2.45, 2.75) is 38.6 Å². The molecule has 1 fully saturated rings. The van der Waals surface area contributed by atoms with Crippen LogP contribution in [0.2, 0.25) is 0 Å². The summed E-state index contributed by atoms with van der Waals surface area (Å²) in [5.41, 5.74) is 2.02. The largest absolute Gasteiger partial charge is 0.326 e. The van der Waals surface area contributed by atoms with Gasteiger partial charge in [0.2, 0.25) is 5.91 Å². The van der Waals surface area contributed by atoms with Gasteiger partial charge in [0, 0.05) is 12.2 Å². The maximum atomic E-state index is 12.6. The van der Waals surface area contributed by atoms with E-state index in [1.165, 1.54) is 16.9 Å². The Morgan fingerprint density at radius 2 is 1.96 bits per heavy atom. The molecule has 5 heteroatoms. The highest BCUT2D eigenvalue weighted by Gasteiger charge is 2.34. The third-order valence-corrected chi connectivity index (χ3v) is 5.25. The van der Waals surface area contributed by atoms with Crippen molar-refractivity contribution in [2.24, 2.45) is 0 Å². The quantitative estimate of drug-likeness (QED) is 0.909. The number of carbonyl (C=O) groups is 2. The van der Waals surface area contributed by atoms with Gasteiger partial charge in [-0.3, -0.25) is 9.59 Å². The van der Waals surface area contributed by atoms with Crippen LogP contribution in [0.4, 0.5) is 5.69 Å². The van der Waals surface area contributed by atoms with Crippen LogP contribution >= 0.6 is 11.3 Å². The molecule has 0 saturated carbocycles. The van der Waals surface area contributed by atoms with Crippen LogP contribution in [0.15, 0.2) is 41.8 Å². The molecule has 1 aliphatic heterocycles. The fraction of sp³-hybridized carbons (Fsp3) is 0.368. The number of likely N-dealkylation sites (tertiary alicyclic amines) is 1. The fourth-order valence-corrected chi connectivity index (χ4v) is 3.68. The van der Waals surface area contributed by atoms with Gasteiger partial charge in [-0.25, -0.2) is 0 Å². The topological polar surface area (TPSA) is 49.4 Å². The lowest BCUT2D eigenvalue weighted by molar-refractivity contribution is -0.119. The van der Waals surface area contributed by atoms with E-state index >= 15 is 0 Å². The molecular weight excluding hydrogens is 320 g/mol. The number of thiophene rings is 1. The molecule has 0 radical (unpaired) electrons. The smallest absolute Gasteiger partial charge is 0.264 e. The fourth-order valence-electron chi connectivity index (χ4n) is 3.00. The van der Waals surface area contributed by atoms with Crippen LogP contribution in [0.25, 0.3) is 0 Å². The molecule has 1 aromatic heterocycles. The van der Waals surface area contributed by atoms with Gasteiger partial charge >= 0.3 is 0 Å². The van der Waals surface area contributed by atoms with E-state index in [4.69, 9.17) is 0 Å². The van der Waals surface area contributed by atoms with Crippen LogP contribution in [0.5, 0.6) is 0 Å². The molecule has 2 heterocycles. The number of anilines is 1. The second-order valence-corrected chi connectivity index (χ2v) is 7.35. The summed E-state index contributed by atoms with van der Waals surface area (Å²) in [7, 11) is 0. The van der Waals surface area contributed by atoms with E-state index in [2.05, 4.69) is 19.2 Å². The number of carbonyl (C=O) groups excluding carboxylic acids is 2. The zero-order valence-corrected chi connectivity index (χ0v) is 14.8. The minimum Gasteiger partial charge on any atom is -0.326 e. The van der Waals surface area contributed by atoms with Crippen molar-refractivity contribution < 1.29 is 9.59 Å². The van der Waals surface area contributed by atoms with Crippen LogP contribution in [-0.2, 0) is 4.79 Å². The normalized spacial score (nSPS) is 17.3. The van der Waals surface area contributed by atoms with Gasteiger partial charge in [0.15, 0.2) is 0 Å². The molecular formula is C19H22N2O2S. The second-order valence-electron chi connectivity index (χ2n) is 6.40. The minimum absolute atomic E-state index is 0.0437. The molecule has 3 rings (SSSR count). The maximum Gasteiger partial charge on any atom is 0.264 e. The summed E-state index contributed by atoms with van der Waals surface area (Å²) in [6.07, 6.45) is 1.58. The van der Waals surface area contributed by atoms with E-state index in [1.807, 2.05) is 41.8 Å². The highest BCUT2D eigenvalue weighted by molar-refractivity contribution is 7.12. The summed E-state index contributed by atoms with van der Waals surface area (Å²) in [4.78, 5) is 27.6. The Kier molecular flexibility index (Phi) is 5.00. The molecule has 126 valence electrons. The van der Waals surface area contributed by atoms with Crippen molar-refractivity contribution in [3.8, 4) is 0 Å². The van der Waals surface area contributed by atoms with Gasteiger partial charge in [0.05, 0.1) is 4.88 Å². The van der Waals surface area contributed by atoms with Crippen LogP contribution < -0.4 is 5.32 Å². The number of hydrogen-bond acceptors (Lipinski definition) is 3. The van der Waals surface area contributed by atoms with Gasteiger partial charge < -0.3 is 10.2 Å². The van der Waals surface area contributed by atoms with E-state index in [-0.39, 0.29) is 17.9 Å². The third kappa shape index (κ3) is 3.51. The maximum absolute atomic E-state index is 12.6. The van der Waals surface area contributed by atoms with Crippen molar-refractivity contribution in [3.63, 3.8) is 0 Å². The van der Waals surface area contributed by atoms with Gasteiger partial charge in [-0.15, -0.1) is 11.3 Å². The summed E-state index contributed by atoms with van der Waals surface area (Å²) in [5.74, 6) is 0.316. The molecule has 1 saturated heterocycles. The van der Waals surface area contributed by atoms with E-state index < -0.39 is 0 Å². The number of nitrogens with one attached hydrogen (secondary N) is 1. The van der Waals surface area contributed by atoms with E-state index in [0.29, 0.717) is 23.8 Å². The predicted molar refractivity (Wildman–Crippen MR) is 97.5 cm³/mol. The molecule has 0 bridgehead atoms. The molecule has 1 unspecified atom stereocenters. The van der Waals surface area contributed by atoms with E-state index in [9.17, 15) is 9.59 Å². The van der Waals surface area contributed by atoms with Crippen molar-refractivity contribution in [1.29, 1.82) is 0 Å². The first kappa shape index (κ1) is 16.7. The lowest BCUT2D eigenvalue weighted by Crippen LogP contribution is -2.42. The van der Waals surface area contributed by atoms with Crippen molar-refractivity contribution >= 4 is 28.8 Å². The highest BCUT2D eigenvalue weighted by Crippen LogP contribution is 2.24. The first-order chi connectivity index (χ1) is 11.6. The van der Waals surface area contributed by atoms with Crippen molar-refractivity contribution in [1.82, 2.24) is 4.90 Å². The van der Waals surface area contributed by atoms with Gasteiger partial charge in [-0.1, -0.05) is 32.0 Å². The first-order valence-electron chi connectivity index (χ1n) is 8.31. The Hall–Kier alpha value is -2.14. The first-order valence-corrected chi connectivity index (χ1v) is 9.19. The molecule has 1 N–H and O–H groups in total. The van der Waals surface area contributed by atoms with E-state index in [0.717, 1.165) is 12.1 Å². The van der Waals surface area contributed by atoms with Gasteiger partial charge in [-0.2, -0.15) is 0 Å². The van der Waals surface area contributed by atoms with Gasteiger partial charge in [-0.05, 0) is 47.9 Å². The number of amides is 2. The molecule has 2 aromatic rings. The van der Waals surface area contributed by atoms with Gasteiger partial charge in [0.25, 0.3) is 5.91 Å². The molecule has 1 aromatic carbocycles. The van der Waals surface area contributed by atoms with Crippen LogP contribution in [-0.4, -0.2) is 29.3 Å². The molecule has 24 heavy (non-hydrogen) atoms. The van der Waals surface area contributed by atoms with Crippen LogP contribution in [0.3, 0.4) is 0 Å². The van der Waals surface area contributed by atoms with Gasteiger partial charge in [0.1, 0.15) is 6.04 Å². The molecule has 0 aliphatic carbocycles. The van der Waals surface area contributed by atoms with Crippen molar-refractivity contribution in [2.75, 3.05) is 11.9 Å². The van der Waals surface area contributed by atoms with Crippen LogP contribution in [0, 0.1) is 0 Å². The average molecular weight is 342 g/mol. The standard InChI is InChI=1S/C19H22N2O2S/c1-13(2)14-7-9-15(10-8-14)20-18(22)16-5-3-11-21(16)19(23)17-6-4-12-24-17/h4,6-10,12-13,16H,3,5,11H2,1-2H3,(H,20,22). The lowest BCUT2D eigenvalue weighted by Gasteiger charge is -2.23. The third-order valence-electron chi connectivity index (χ3n) is 4.39. The lowest BCUT2D eigenvalue weighted by atomic mass is 10.0. The number of hydrogen-bond donors (Lipinski definition) is 1. The Balaban J connectivity index is 1.68. The number of benzene rings is 1. The Morgan fingerprint density at radius 1 is 1.21 bits per heavy atom. The monoisotopic (exact) mass is 342 g/mol. The second kappa shape index (κ2) is 7.18. The molecule has 1 atom stereocenters. The zero-order chi connectivity index (χ0) is 17.1. The summed E-state index contributed by atoms with van der Waals surface area (Å²) in [6, 6.07) is 11.2. The van der Waals surface area contributed by atoms with Crippen LogP contribution in [0.1, 0.15) is 47.8 Å². The summed E-state index contributed by atoms with van der Waals surface area (Å²) >= 11 is 1.42. The average Bonchev–Trinajstić information content (AvgIpc) is 3.26. The molecule has 2 amide bonds. The van der Waals surface area contributed by atoms with Crippen molar-refractivity contribution in [3.05, 3.63) is 52.2 Å². The Labute approximate surface area is 146 Å². The molecule has 0 spiro atoms. The molecule has 1 aliphatic rings. The summed E-state index contributed by atoms with van der Waals surface area (Å²) in [5, 5.41) is 4.83. The number of nitrogens with zero attached hydrogens (tertiary/aromatic N) is 1. The Bertz CT molecular complexity index is 707. The SMILES string of the molecule is CC(C)c1ccc(NC(=O)C2CCCN2C(=O)c2cccs2)cc1.